The first-order chi connectivity index (χ1) is 9.04. The second-order valence-electron chi connectivity index (χ2n) is 5.35. The number of hydrogen-bond acceptors (Lipinski definition) is 5. The molecule has 1 aliphatic heterocycles. The van der Waals surface area contributed by atoms with E-state index >= 15 is 0 Å². The van der Waals surface area contributed by atoms with Crippen LogP contribution >= 0.6 is 0 Å². The van der Waals surface area contributed by atoms with Crippen LogP contribution in [0.3, 0.4) is 0 Å². The Bertz CT molecular complexity index is 482. The zero-order valence-electron chi connectivity index (χ0n) is 11.6. The minimum atomic E-state index is -0.258. The smallest absolute Gasteiger partial charge is 0.129 e. The zero-order chi connectivity index (χ0) is 13.9. The van der Waals surface area contributed by atoms with Crippen molar-refractivity contribution in [1.82, 2.24) is 4.98 Å². The van der Waals surface area contributed by atoms with Crippen molar-refractivity contribution >= 4 is 5.82 Å². The molecule has 0 bridgehead atoms. The van der Waals surface area contributed by atoms with Gasteiger partial charge in [-0.25, -0.2) is 4.98 Å². The molecular formula is C14H19N3O2. The van der Waals surface area contributed by atoms with E-state index in [1.165, 1.54) is 0 Å². The molecule has 0 aliphatic carbocycles. The van der Waals surface area contributed by atoms with Crippen molar-refractivity contribution in [2.75, 3.05) is 31.7 Å². The lowest BCUT2D eigenvalue weighted by atomic mass is 10.1. The molecular weight excluding hydrogens is 242 g/mol. The van der Waals surface area contributed by atoms with Gasteiger partial charge in [-0.15, -0.1) is 0 Å². The maximum atomic E-state index is 8.96. The molecule has 0 saturated carbocycles. The molecule has 5 nitrogen and oxygen atoms in total. The lowest BCUT2D eigenvalue weighted by Gasteiger charge is -2.43. The SMILES string of the molecule is COCC1CN(c2cc(C#N)ccn2)CC(C)(C)O1. The van der Waals surface area contributed by atoms with E-state index in [4.69, 9.17) is 14.7 Å². The number of nitrogens with zero attached hydrogens (tertiary/aromatic N) is 3. The van der Waals surface area contributed by atoms with Crippen LogP contribution in [0.5, 0.6) is 0 Å². The van der Waals surface area contributed by atoms with Crippen LogP contribution in [-0.4, -0.2) is 43.5 Å². The number of anilines is 1. The summed E-state index contributed by atoms with van der Waals surface area (Å²) in [4.78, 5) is 6.50. The van der Waals surface area contributed by atoms with Crippen LogP contribution in [0.25, 0.3) is 0 Å². The Labute approximate surface area is 113 Å². The van der Waals surface area contributed by atoms with E-state index in [9.17, 15) is 0 Å². The number of methoxy groups -OCH3 is 1. The Morgan fingerprint density at radius 1 is 1.63 bits per heavy atom. The van der Waals surface area contributed by atoms with Gasteiger partial charge in [0.2, 0.25) is 0 Å². The molecule has 0 amide bonds. The Balaban J connectivity index is 2.20. The maximum Gasteiger partial charge on any atom is 0.129 e. The molecule has 2 heterocycles. The number of rotatable bonds is 3. The first kappa shape index (κ1) is 13.8. The van der Waals surface area contributed by atoms with Crippen LogP contribution in [0.1, 0.15) is 19.4 Å². The Morgan fingerprint density at radius 3 is 3.11 bits per heavy atom. The van der Waals surface area contributed by atoms with Crippen LogP contribution in [0, 0.1) is 11.3 Å². The minimum Gasteiger partial charge on any atom is -0.382 e. The molecule has 1 aromatic heterocycles. The number of aromatic nitrogens is 1. The van der Waals surface area contributed by atoms with Gasteiger partial charge in [-0.05, 0) is 26.0 Å². The Kier molecular flexibility index (Phi) is 4.03. The quantitative estimate of drug-likeness (QED) is 0.827. The van der Waals surface area contributed by atoms with Crippen molar-refractivity contribution < 1.29 is 9.47 Å². The number of hydrogen-bond donors (Lipinski definition) is 0. The van der Waals surface area contributed by atoms with Gasteiger partial charge >= 0.3 is 0 Å². The van der Waals surface area contributed by atoms with Gasteiger partial charge in [-0.3, -0.25) is 0 Å². The summed E-state index contributed by atoms with van der Waals surface area (Å²) in [6.07, 6.45) is 1.68. The topological polar surface area (TPSA) is 58.4 Å². The average molecular weight is 261 g/mol. The van der Waals surface area contributed by atoms with Crippen molar-refractivity contribution in [3.8, 4) is 6.07 Å². The molecule has 2 rings (SSSR count). The van der Waals surface area contributed by atoms with Crippen LogP contribution in [-0.2, 0) is 9.47 Å². The van der Waals surface area contributed by atoms with Gasteiger partial charge in [-0.2, -0.15) is 5.26 Å². The molecule has 5 heteroatoms. The third-order valence-corrected chi connectivity index (χ3v) is 3.03. The van der Waals surface area contributed by atoms with E-state index in [2.05, 4.69) is 29.8 Å². The lowest BCUT2D eigenvalue weighted by molar-refractivity contribution is -0.106. The number of nitriles is 1. The van der Waals surface area contributed by atoms with E-state index in [0.29, 0.717) is 12.2 Å². The summed E-state index contributed by atoms with van der Waals surface area (Å²) in [5.74, 6) is 0.816. The largest absolute Gasteiger partial charge is 0.382 e. The van der Waals surface area contributed by atoms with Crippen molar-refractivity contribution in [2.45, 2.75) is 25.6 Å². The Hall–Kier alpha value is -1.64. The summed E-state index contributed by atoms with van der Waals surface area (Å²) in [5, 5.41) is 8.96. The Morgan fingerprint density at radius 2 is 2.42 bits per heavy atom. The average Bonchev–Trinajstić information content (AvgIpc) is 2.37. The van der Waals surface area contributed by atoms with Crippen molar-refractivity contribution in [2.24, 2.45) is 0 Å². The molecule has 1 fully saturated rings. The number of ether oxygens (including phenoxy) is 2. The second kappa shape index (κ2) is 5.55. The minimum absolute atomic E-state index is 0.0151. The van der Waals surface area contributed by atoms with Crippen LogP contribution in [0.2, 0.25) is 0 Å². The number of morpholine rings is 1. The van der Waals surface area contributed by atoms with Gasteiger partial charge in [0.15, 0.2) is 0 Å². The molecule has 102 valence electrons. The standard InChI is InChI=1S/C14H19N3O2/c1-14(2)10-17(8-12(19-14)9-18-3)13-6-11(7-15)4-5-16-13/h4-6,12H,8-10H2,1-3H3. The first-order valence-electron chi connectivity index (χ1n) is 6.32. The molecule has 0 N–H and O–H groups in total. The summed E-state index contributed by atoms with van der Waals surface area (Å²) in [6.45, 7) is 6.12. The highest BCUT2D eigenvalue weighted by atomic mass is 16.5. The van der Waals surface area contributed by atoms with Crippen molar-refractivity contribution in [1.29, 1.82) is 5.26 Å². The maximum absolute atomic E-state index is 8.96. The normalized spacial score (nSPS) is 22.0. The van der Waals surface area contributed by atoms with Gasteiger partial charge < -0.3 is 14.4 Å². The molecule has 1 aromatic rings. The van der Waals surface area contributed by atoms with Gasteiger partial charge in [0.05, 0.1) is 29.9 Å². The van der Waals surface area contributed by atoms with Crippen LogP contribution in [0.4, 0.5) is 5.82 Å². The summed E-state index contributed by atoms with van der Waals surface area (Å²) in [6, 6.07) is 5.66. The van der Waals surface area contributed by atoms with E-state index < -0.39 is 0 Å². The molecule has 0 radical (unpaired) electrons. The third-order valence-electron chi connectivity index (χ3n) is 3.03. The van der Waals surface area contributed by atoms with E-state index in [0.717, 1.165) is 18.9 Å². The molecule has 0 aromatic carbocycles. The van der Waals surface area contributed by atoms with E-state index in [1.807, 2.05) is 6.07 Å². The third kappa shape index (κ3) is 3.43. The highest BCUT2D eigenvalue weighted by molar-refractivity contribution is 5.45. The fourth-order valence-electron chi connectivity index (χ4n) is 2.40. The molecule has 0 spiro atoms. The molecule has 1 aliphatic rings. The zero-order valence-corrected chi connectivity index (χ0v) is 11.6. The summed E-state index contributed by atoms with van der Waals surface area (Å²) >= 11 is 0. The van der Waals surface area contributed by atoms with Gasteiger partial charge in [-0.1, -0.05) is 0 Å². The second-order valence-corrected chi connectivity index (χ2v) is 5.35. The van der Waals surface area contributed by atoms with E-state index in [1.54, 1.807) is 19.4 Å². The summed E-state index contributed by atoms with van der Waals surface area (Å²) < 4.78 is 11.1. The molecule has 1 unspecified atom stereocenters. The highest BCUT2D eigenvalue weighted by Crippen LogP contribution is 2.25. The molecule has 1 atom stereocenters. The summed E-state index contributed by atoms with van der Waals surface area (Å²) in [7, 11) is 1.67. The van der Waals surface area contributed by atoms with Crippen molar-refractivity contribution in [3.63, 3.8) is 0 Å². The first-order valence-corrected chi connectivity index (χ1v) is 6.32. The monoisotopic (exact) mass is 261 g/mol. The number of pyridine rings is 1. The predicted molar refractivity (Wildman–Crippen MR) is 72.0 cm³/mol. The predicted octanol–water partition coefficient (Wildman–Crippen LogP) is 1.58. The van der Waals surface area contributed by atoms with E-state index in [-0.39, 0.29) is 11.7 Å². The fraction of sp³-hybridized carbons (Fsp3) is 0.571. The van der Waals surface area contributed by atoms with Gasteiger partial charge in [0.1, 0.15) is 5.82 Å². The lowest BCUT2D eigenvalue weighted by Crippen LogP contribution is -2.54. The molecule has 19 heavy (non-hydrogen) atoms. The van der Waals surface area contributed by atoms with Crippen LogP contribution in [0.15, 0.2) is 18.3 Å². The fourth-order valence-corrected chi connectivity index (χ4v) is 2.40. The van der Waals surface area contributed by atoms with Gasteiger partial charge in [0, 0.05) is 26.4 Å². The highest BCUT2D eigenvalue weighted by Gasteiger charge is 2.33. The van der Waals surface area contributed by atoms with Crippen molar-refractivity contribution in [3.05, 3.63) is 23.9 Å². The van der Waals surface area contributed by atoms with Gasteiger partial charge in [0.25, 0.3) is 0 Å². The summed E-state index contributed by atoms with van der Waals surface area (Å²) in [5.41, 5.74) is 0.365. The van der Waals surface area contributed by atoms with Crippen LogP contribution < -0.4 is 4.90 Å². The molecule has 1 saturated heterocycles.